The monoisotopic (exact) mass is 257 g/mol. The van der Waals surface area contributed by atoms with Crippen molar-refractivity contribution in [3.63, 3.8) is 0 Å². The molecule has 0 saturated heterocycles. The van der Waals surface area contributed by atoms with Gasteiger partial charge in [-0.25, -0.2) is 0 Å². The Morgan fingerprint density at radius 1 is 1.42 bits per heavy atom. The number of aliphatic hydroxyl groups is 2. The van der Waals surface area contributed by atoms with E-state index in [1.165, 1.54) is 0 Å². The molecule has 19 heavy (non-hydrogen) atoms. The van der Waals surface area contributed by atoms with E-state index in [4.69, 9.17) is 10.2 Å². The highest BCUT2D eigenvalue weighted by Gasteiger charge is 2.04. The molecule has 1 aromatic carbocycles. The number of benzene rings is 1. The van der Waals surface area contributed by atoms with E-state index in [9.17, 15) is 0 Å². The highest BCUT2D eigenvalue weighted by atomic mass is 16.5. The van der Waals surface area contributed by atoms with Crippen molar-refractivity contribution in [2.24, 2.45) is 10.9 Å². The van der Waals surface area contributed by atoms with Crippen LogP contribution in [-0.4, -0.2) is 16.9 Å². The second-order valence-electron chi connectivity index (χ2n) is 4.42. The molecule has 0 aliphatic heterocycles. The standard InChI is InChI=1S/C16H19NO2/c1-12(5-4-10-17-3)6-8-14-11-15(16(18)19)9-7-13(14)2/h4,7,9-12,16,18-19H,3,5H2,1-2H3/b10-4-. The number of hydrogen-bond donors (Lipinski definition) is 2. The molecule has 0 saturated carbocycles. The molecule has 100 valence electrons. The first-order valence-electron chi connectivity index (χ1n) is 6.13. The average Bonchev–Trinajstić information content (AvgIpc) is 2.37. The van der Waals surface area contributed by atoms with Crippen molar-refractivity contribution < 1.29 is 10.2 Å². The van der Waals surface area contributed by atoms with Gasteiger partial charge in [-0.15, -0.1) is 0 Å². The Morgan fingerprint density at radius 3 is 2.79 bits per heavy atom. The number of aliphatic hydroxyl groups excluding tert-OH is 1. The third-order valence-corrected chi connectivity index (χ3v) is 2.71. The lowest BCUT2D eigenvalue weighted by Crippen LogP contribution is -1.96. The van der Waals surface area contributed by atoms with Gasteiger partial charge in [-0.2, -0.15) is 0 Å². The van der Waals surface area contributed by atoms with Crippen LogP contribution in [0.4, 0.5) is 0 Å². The highest BCUT2D eigenvalue weighted by molar-refractivity contribution is 5.43. The molecule has 0 spiro atoms. The van der Waals surface area contributed by atoms with Crippen LogP contribution in [0.1, 0.15) is 36.3 Å². The third-order valence-electron chi connectivity index (χ3n) is 2.71. The summed E-state index contributed by atoms with van der Waals surface area (Å²) in [4.78, 5) is 3.64. The molecular weight excluding hydrogens is 238 g/mol. The minimum Gasteiger partial charge on any atom is -0.364 e. The zero-order valence-electron chi connectivity index (χ0n) is 11.3. The van der Waals surface area contributed by atoms with E-state index in [0.29, 0.717) is 5.56 Å². The van der Waals surface area contributed by atoms with Crippen LogP contribution in [0.15, 0.2) is 35.5 Å². The van der Waals surface area contributed by atoms with E-state index in [-0.39, 0.29) is 5.92 Å². The summed E-state index contributed by atoms with van der Waals surface area (Å²) in [7, 11) is 0. The summed E-state index contributed by atoms with van der Waals surface area (Å²) < 4.78 is 0. The fraction of sp³-hybridized carbons (Fsp3) is 0.312. The van der Waals surface area contributed by atoms with Crippen molar-refractivity contribution in [2.45, 2.75) is 26.6 Å². The van der Waals surface area contributed by atoms with Crippen molar-refractivity contribution in [1.29, 1.82) is 0 Å². The second-order valence-corrected chi connectivity index (χ2v) is 4.42. The molecule has 0 bridgehead atoms. The van der Waals surface area contributed by atoms with E-state index in [0.717, 1.165) is 17.5 Å². The number of nitrogens with zero attached hydrogens (tertiary/aromatic N) is 1. The third kappa shape index (κ3) is 5.09. The van der Waals surface area contributed by atoms with Crippen LogP contribution in [0.3, 0.4) is 0 Å². The quantitative estimate of drug-likeness (QED) is 0.495. The van der Waals surface area contributed by atoms with Crippen LogP contribution < -0.4 is 0 Å². The lowest BCUT2D eigenvalue weighted by atomic mass is 10.0. The first-order chi connectivity index (χ1) is 9.04. The molecule has 1 aromatic rings. The molecule has 1 unspecified atom stereocenters. The normalized spacial score (nSPS) is 12.3. The molecule has 0 aliphatic carbocycles. The molecule has 0 amide bonds. The summed E-state index contributed by atoms with van der Waals surface area (Å²) in [6, 6.07) is 5.24. The molecule has 3 nitrogen and oxygen atoms in total. The molecule has 0 radical (unpaired) electrons. The Morgan fingerprint density at radius 2 is 2.16 bits per heavy atom. The second kappa shape index (κ2) is 7.52. The van der Waals surface area contributed by atoms with Gasteiger partial charge in [-0.05, 0) is 31.7 Å². The van der Waals surface area contributed by atoms with Crippen molar-refractivity contribution in [1.82, 2.24) is 0 Å². The fourth-order valence-electron chi connectivity index (χ4n) is 1.53. The van der Waals surface area contributed by atoms with E-state index >= 15 is 0 Å². The van der Waals surface area contributed by atoms with Crippen LogP contribution in [0.5, 0.6) is 0 Å². The number of aryl methyl sites for hydroxylation is 1. The van der Waals surface area contributed by atoms with Crippen molar-refractivity contribution in [3.8, 4) is 11.8 Å². The largest absolute Gasteiger partial charge is 0.364 e. The van der Waals surface area contributed by atoms with Gasteiger partial charge in [0.15, 0.2) is 6.29 Å². The highest BCUT2D eigenvalue weighted by Crippen LogP contribution is 2.15. The Bertz CT molecular complexity index is 521. The van der Waals surface area contributed by atoms with Crippen LogP contribution in [0, 0.1) is 24.7 Å². The average molecular weight is 257 g/mol. The van der Waals surface area contributed by atoms with Crippen molar-refractivity contribution >= 4 is 6.72 Å². The fourth-order valence-corrected chi connectivity index (χ4v) is 1.53. The lowest BCUT2D eigenvalue weighted by Gasteiger charge is -2.06. The zero-order valence-corrected chi connectivity index (χ0v) is 11.3. The Hall–Kier alpha value is -1.89. The van der Waals surface area contributed by atoms with Gasteiger partial charge < -0.3 is 10.2 Å². The number of hydrogen-bond acceptors (Lipinski definition) is 3. The van der Waals surface area contributed by atoms with Gasteiger partial charge in [0.25, 0.3) is 0 Å². The van der Waals surface area contributed by atoms with E-state index < -0.39 is 6.29 Å². The minimum atomic E-state index is -1.46. The zero-order chi connectivity index (χ0) is 14.3. The van der Waals surface area contributed by atoms with Gasteiger partial charge in [-0.1, -0.05) is 37.0 Å². The number of rotatable bonds is 4. The Kier molecular flexibility index (Phi) is 6.01. The van der Waals surface area contributed by atoms with Crippen molar-refractivity contribution in [3.05, 3.63) is 47.2 Å². The predicted octanol–water partition coefficient (Wildman–Crippen LogP) is 2.57. The van der Waals surface area contributed by atoms with Crippen molar-refractivity contribution in [2.75, 3.05) is 0 Å². The topological polar surface area (TPSA) is 52.8 Å². The smallest absolute Gasteiger partial charge is 0.178 e. The number of allylic oxidation sites excluding steroid dienone is 1. The summed E-state index contributed by atoms with van der Waals surface area (Å²) in [5.74, 6) is 6.43. The maximum atomic E-state index is 9.14. The van der Waals surface area contributed by atoms with E-state index in [2.05, 4.69) is 23.6 Å². The first kappa shape index (κ1) is 15.2. The van der Waals surface area contributed by atoms with Gasteiger partial charge in [0, 0.05) is 23.2 Å². The van der Waals surface area contributed by atoms with Gasteiger partial charge >= 0.3 is 0 Å². The molecule has 0 heterocycles. The molecular formula is C16H19NO2. The summed E-state index contributed by atoms with van der Waals surface area (Å²) in [5, 5.41) is 18.3. The van der Waals surface area contributed by atoms with Gasteiger partial charge in [0.1, 0.15) is 0 Å². The Labute approximate surface area is 114 Å². The van der Waals surface area contributed by atoms with E-state index in [1.54, 1.807) is 18.3 Å². The maximum Gasteiger partial charge on any atom is 0.178 e. The SMILES string of the molecule is C=N/C=C\CC(C)C#Cc1cc(C(O)O)ccc1C. The van der Waals surface area contributed by atoms with E-state index in [1.807, 2.05) is 26.0 Å². The number of aliphatic imine (C=N–C) groups is 1. The van der Waals surface area contributed by atoms with Crippen LogP contribution in [-0.2, 0) is 0 Å². The van der Waals surface area contributed by atoms with Crippen LogP contribution in [0.25, 0.3) is 0 Å². The maximum absolute atomic E-state index is 9.14. The van der Waals surface area contributed by atoms with Gasteiger partial charge in [0.2, 0.25) is 0 Å². The predicted molar refractivity (Wildman–Crippen MR) is 77.7 cm³/mol. The molecule has 0 fully saturated rings. The van der Waals surface area contributed by atoms with Crippen LogP contribution >= 0.6 is 0 Å². The van der Waals surface area contributed by atoms with Gasteiger partial charge in [0.05, 0.1) is 0 Å². The Balaban J connectivity index is 2.84. The molecule has 0 aromatic heterocycles. The summed E-state index contributed by atoms with van der Waals surface area (Å²) >= 11 is 0. The van der Waals surface area contributed by atoms with Gasteiger partial charge in [-0.3, -0.25) is 4.99 Å². The molecule has 0 aliphatic rings. The minimum absolute atomic E-state index is 0.208. The lowest BCUT2D eigenvalue weighted by molar-refractivity contribution is -0.0425. The molecule has 1 atom stereocenters. The van der Waals surface area contributed by atoms with Crippen LogP contribution in [0.2, 0.25) is 0 Å². The summed E-state index contributed by atoms with van der Waals surface area (Å²) in [6.07, 6.45) is 2.94. The summed E-state index contributed by atoms with van der Waals surface area (Å²) in [5.41, 5.74) is 2.30. The first-order valence-corrected chi connectivity index (χ1v) is 6.13. The summed E-state index contributed by atoms with van der Waals surface area (Å²) in [6.45, 7) is 7.35. The molecule has 2 N–H and O–H groups in total. The molecule has 1 rings (SSSR count). The molecule has 3 heteroatoms.